The van der Waals surface area contributed by atoms with E-state index in [0.29, 0.717) is 18.9 Å². The number of ether oxygens (including phenoxy) is 2. The minimum absolute atomic E-state index is 0.0349. The molecule has 126 valence electrons. The summed E-state index contributed by atoms with van der Waals surface area (Å²) in [4.78, 5) is 26.3. The highest BCUT2D eigenvalue weighted by Crippen LogP contribution is 2.23. The molecule has 0 spiro atoms. The Morgan fingerprint density at radius 1 is 1.43 bits per heavy atom. The molecule has 6 nitrogen and oxygen atoms in total. The van der Waals surface area contributed by atoms with Gasteiger partial charge in [0.25, 0.3) is 5.91 Å². The number of morpholine rings is 1. The lowest BCUT2D eigenvalue weighted by atomic mass is 10.0. The molecule has 1 atom stereocenters. The van der Waals surface area contributed by atoms with Gasteiger partial charge in [-0.2, -0.15) is 0 Å². The van der Waals surface area contributed by atoms with Crippen LogP contribution in [0.4, 0.5) is 0 Å². The van der Waals surface area contributed by atoms with Gasteiger partial charge in [-0.05, 0) is 19.9 Å². The molecular formula is C17H24N2O4. The molecule has 1 aliphatic rings. The molecule has 0 bridgehead atoms. The number of aryl methyl sites for hydroxylation is 1. The van der Waals surface area contributed by atoms with Crippen molar-refractivity contribution in [2.45, 2.75) is 25.9 Å². The van der Waals surface area contributed by atoms with Crippen LogP contribution >= 0.6 is 0 Å². The van der Waals surface area contributed by atoms with E-state index in [4.69, 9.17) is 9.47 Å². The fourth-order valence-electron chi connectivity index (χ4n) is 2.80. The van der Waals surface area contributed by atoms with Crippen LogP contribution in [0.1, 0.15) is 18.1 Å². The van der Waals surface area contributed by atoms with Crippen LogP contribution in [0.2, 0.25) is 0 Å². The lowest BCUT2D eigenvalue weighted by Gasteiger charge is -2.39. The molecule has 0 radical (unpaired) electrons. The van der Waals surface area contributed by atoms with E-state index in [0.717, 1.165) is 11.1 Å². The van der Waals surface area contributed by atoms with E-state index in [1.165, 1.54) is 0 Å². The minimum atomic E-state index is -1.00. The van der Waals surface area contributed by atoms with Gasteiger partial charge in [0.1, 0.15) is 5.75 Å². The standard InChI is InChI=1S/C17H24N2O4/c1-12-5-6-14(22-4)13(9-12)10-15(20)19-7-8-23-17(2,11-19)16(21)18-3/h5-6,9H,7-8,10-11H2,1-4H3,(H,18,21)/t17-/m0/s1. The van der Waals surface area contributed by atoms with E-state index in [2.05, 4.69) is 5.32 Å². The summed E-state index contributed by atoms with van der Waals surface area (Å²) in [6, 6.07) is 5.77. The second-order valence-electron chi connectivity index (χ2n) is 5.97. The fourth-order valence-corrected chi connectivity index (χ4v) is 2.80. The van der Waals surface area contributed by atoms with Gasteiger partial charge in [-0.3, -0.25) is 9.59 Å². The monoisotopic (exact) mass is 320 g/mol. The maximum atomic E-state index is 12.6. The van der Waals surface area contributed by atoms with Crippen LogP contribution in [0.15, 0.2) is 18.2 Å². The Labute approximate surface area is 136 Å². The number of carbonyl (C=O) groups is 2. The number of benzene rings is 1. The van der Waals surface area contributed by atoms with Gasteiger partial charge in [0, 0.05) is 19.2 Å². The predicted molar refractivity (Wildman–Crippen MR) is 86.4 cm³/mol. The molecule has 0 saturated carbocycles. The molecule has 1 N–H and O–H groups in total. The third kappa shape index (κ3) is 3.82. The van der Waals surface area contributed by atoms with Crippen molar-refractivity contribution in [2.24, 2.45) is 0 Å². The molecule has 23 heavy (non-hydrogen) atoms. The highest BCUT2D eigenvalue weighted by molar-refractivity contribution is 5.86. The van der Waals surface area contributed by atoms with E-state index in [1.807, 2.05) is 25.1 Å². The Balaban J connectivity index is 2.12. The molecule has 2 amide bonds. The van der Waals surface area contributed by atoms with Gasteiger partial charge >= 0.3 is 0 Å². The van der Waals surface area contributed by atoms with Crippen molar-refractivity contribution in [1.82, 2.24) is 10.2 Å². The van der Waals surface area contributed by atoms with Crippen LogP contribution in [0, 0.1) is 6.92 Å². The third-order valence-electron chi connectivity index (χ3n) is 4.11. The largest absolute Gasteiger partial charge is 0.496 e. The summed E-state index contributed by atoms with van der Waals surface area (Å²) in [7, 11) is 3.16. The third-order valence-corrected chi connectivity index (χ3v) is 4.11. The smallest absolute Gasteiger partial charge is 0.253 e. The average molecular weight is 320 g/mol. The molecular weight excluding hydrogens is 296 g/mol. The topological polar surface area (TPSA) is 67.9 Å². The van der Waals surface area contributed by atoms with Crippen molar-refractivity contribution in [3.05, 3.63) is 29.3 Å². The van der Waals surface area contributed by atoms with Crippen LogP contribution < -0.4 is 10.1 Å². The highest BCUT2D eigenvalue weighted by atomic mass is 16.5. The number of nitrogens with zero attached hydrogens (tertiary/aromatic N) is 1. The first-order chi connectivity index (χ1) is 10.9. The van der Waals surface area contributed by atoms with Crippen molar-refractivity contribution in [3.63, 3.8) is 0 Å². The van der Waals surface area contributed by atoms with Gasteiger partial charge in [0.2, 0.25) is 5.91 Å². The van der Waals surface area contributed by atoms with Crippen LogP contribution in [0.25, 0.3) is 0 Å². The van der Waals surface area contributed by atoms with Crippen LogP contribution in [-0.4, -0.2) is 56.2 Å². The van der Waals surface area contributed by atoms with E-state index < -0.39 is 5.60 Å². The van der Waals surface area contributed by atoms with E-state index in [-0.39, 0.29) is 24.8 Å². The second-order valence-corrected chi connectivity index (χ2v) is 5.97. The van der Waals surface area contributed by atoms with Crippen LogP contribution in [0.3, 0.4) is 0 Å². The van der Waals surface area contributed by atoms with Crippen molar-refractivity contribution in [1.29, 1.82) is 0 Å². The SMILES string of the molecule is CNC(=O)[C@]1(C)CN(C(=O)Cc2cc(C)ccc2OC)CCO1. The summed E-state index contributed by atoms with van der Waals surface area (Å²) >= 11 is 0. The molecule has 1 aromatic carbocycles. The predicted octanol–water partition coefficient (Wildman–Crippen LogP) is 0.910. The highest BCUT2D eigenvalue weighted by Gasteiger charge is 2.40. The second kappa shape index (κ2) is 7.00. The number of likely N-dealkylation sites (N-methyl/N-ethyl adjacent to an activating group) is 1. The summed E-state index contributed by atoms with van der Waals surface area (Å²) in [5, 5.41) is 2.59. The quantitative estimate of drug-likeness (QED) is 0.895. The number of nitrogens with one attached hydrogen (secondary N) is 1. The normalized spacial score (nSPS) is 21.0. The number of carbonyl (C=O) groups excluding carboxylic acids is 2. The molecule has 1 aromatic rings. The number of amides is 2. The maximum absolute atomic E-state index is 12.6. The molecule has 0 aromatic heterocycles. The summed E-state index contributed by atoms with van der Waals surface area (Å²) in [5.74, 6) is 0.446. The average Bonchev–Trinajstić information content (AvgIpc) is 2.54. The Morgan fingerprint density at radius 3 is 2.83 bits per heavy atom. The Morgan fingerprint density at radius 2 is 2.17 bits per heavy atom. The molecule has 0 aliphatic carbocycles. The maximum Gasteiger partial charge on any atom is 0.253 e. The van der Waals surface area contributed by atoms with E-state index in [1.54, 1.807) is 26.0 Å². The van der Waals surface area contributed by atoms with Gasteiger partial charge in [-0.25, -0.2) is 0 Å². The van der Waals surface area contributed by atoms with Crippen molar-refractivity contribution in [3.8, 4) is 5.75 Å². The Hall–Kier alpha value is -2.08. The first kappa shape index (κ1) is 17.3. The number of hydrogen-bond acceptors (Lipinski definition) is 4. The van der Waals surface area contributed by atoms with Gasteiger partial charge in [-0.1, -0.05) is 17.7 Å². The lowest BCUT2D eigenvalue weighted by Crippen LogP contribution is -2.59. The van der Waals surface area contributed by atoms with Crippen LogP contribution in [-0.2, 0) is 20.7 Å². The van der Waals surface area contributed by atoms with E-state index >= 15 is 0 Å². The van der Waals surface area contributed by atoms with Gasteiger partial charge in [-0.15, -0.1) is 0 Å². The minimum Gasteiger partial charge on any atom is -0.496 e. The molecule has 1 heterocycles. The first-order valence-electron chi connectivity index (χ1n) is 7.67. The zero-order chi connectivity index (χ0) is 17.0. The summed E-state index contributed by atoms with van der Waals surface area (Å²) in [6.45, 7) is 4.77. The molecule has 0 unspecified atom stereocenters. The zero-order valence-corrected chi connectivity index (χ0v) is 14.1. The molecule has 1 fully saturated rings. The summed E-state index contributed by atoms with van der Waals surface area (Å²) < 4.78 is 10.9. The first-order valence-corrected chi connectivity index (χ1v) is 7.67. The molecule has 1 aliphatic heterocycles. The fraction of sp³-hybridized carbons (Fsp3) is 0.529. The van der Waals surface area contributed by atoms with E-state index in [9.17, 15) is 9.59 Å². The zero-order valence-electron chi connectivity index (χ0n) is 14.1. The van der Waals surface area contributed by atoms with Crippen molar-refractivity contribution < 1.29 is 19.1 Å². The number of rotatable bonds is 4. The van der Waals surface area contributed by atoms with Gasteiger partial charge in [0.05, 0.1) is 26.7 Å². The molecule has 2 rings (SSSR count). The van der Waals surface area contributed by atoms with Gasteiger partial charge in [0.15, 0.2) is 5.60 Å². The Kier molecular flexibility index (Phi) is 5.26. The molecule has 6 heteroatoms. The number of methoxy groups -OCH3 is 1. The Bertz CT molecular complexity index is 602. The lowest BCUT2D eigenvalue weighted by molar-refractivity contribution is -0.162. The van der Waals surface area contributed by atoms with Crippen LogP contribution in [0.5, 0.6) is 5.75 Å². The van der Waals surface area contributed by atoms with Crippen molar-refractivity contribution in [2.75, 3.05) is 33.9 Å². The molecule has 1 saturated heterocycles. The summed E-state index contributed by atoms with van der Waals surface area (Å²) in [5.41, 5.74) is 0.927. The number of hydrogen-bond donors (Lipinski definition) is 1. The van der Waals surface area contributed by atoms with Crippen molar-refractivity contribution >= 4 is 11.8 Å². The van der Waals surface area contributed by atoms with Gasteiger partial charge < -0.3 is 19.7 Å². The summed E-state index contributed by atoms with van der Waals surface area (Å²) in [6.07, 6.45) is 0.245.